The Balaban J connectivity index is 2.19. The molecule has 2 fully saturated rings. The van der Waals surface area contributed by atoms with E-state index in [1.165, 1.54) is 19.3 Å². The summed E-state index contributed by atoms with van der Waals surface area (Å²) in [6.45, 7) is 8.36. The number of carbonyl (C=O) groups is 1. The minimum Gasteiger partial charge on any atom is -0.317 e. The second kappa shape index (κ2) is 3.62. The van der Waals surface area contributed by atoms with E-state index in [2.05, 4.69) is 17.7 Å². The highest BCUT2D eigenvalue weighted by Crippen LogP contribution is 2.35. The van der Waals surface area contributed by atoms with Crippen LogP contribution in [0, 0.1) is 5.92 Å². The van der Waals surface area contributed by atoms with E-state index in [9.17, 15) is 4.79 Å². The van der Waals surface area contributed by atoms with Crippen molar-refractivity contribution in [2.24, 2.45) is 5.92 Å². The van der Waals surface area contributed by atoms with Gasteiger partial charge in [-0.2, -0.15) is 0 Å². The summed E-state index contributed by atoms with van der Waals surface area (Å²) in [7, 11) is 0. The van der Waals surface area contributed by atoms with Crippen molar-refractivity contribution in [3.05, 3.63) is 0 Å². The molecule has 1 spiro atoms. The molecule has 2 unspecified atom stereocenters. The molecule has 1 aliphatic heterocycles. The maximum atomic E-state index is 12.0. The van der Waals surface area contributed by atoms with Crippen LogP contribution >= 0.6 is 0 Å². The lowest BCUT2D eigenvalue weighted by Gasteiger charge is -2.40. The highest BCUT2D eigenvalue weighted by Gasteiger charge is 2.49. The summed E-state index contributed by atoms with van der Waals surface area (Å²) in [5.41, 5.74) is 3.05. The summed E-state index contributed by atoms with van der Waals surface area (Å²) in [5, 5.41) is 4.90. The number of nitrogens with one attached hydrogen (secondary N) is 2. The third kappa shape index (κ3) is 1.79. The van der Waals surface area contributed by atoms with Crippen molar-refractivity contribution in [3.63, 3.8) is 0 Å². The van der Waals surface area contributed by atoms with Gasteiger partial charge < -0.3 is 5.32 Å². The number of carbonyl (C=O) groups excluding carboxylic acids is 1. The van der Waals surface area contributed by atoms with Crippen LogP contribution in [0.3, 0.4) is 0 Å². The van der Waals surface area contributed by atoms with Crippen LogP contribution in [-0.4, -0.2) is 22.2 Å². The lowest BCUT2D eigenvalue weighted by Crippen LogP contribution is -2.59. The summed E-state index contributed by atoms with van der Waals surface area (Å²) < 4.78 is 0. The first-order valence-electron chi connectivity index (χ1n) is 6.25. The molecule has 2 aliphatic rings. The van der Waals surface area contributed by atoms with Gasteiger partial charge in [0.25, 0.3) is 0 Å². The van der Waals surface area contributed by atoms with E-state index >= 15 is 0 Å². The first-order valence-corrected chi connectivity index (χ1v) is 6.25. The Morgan fingerprint density at radius 1 is 1.38 bits per heavy atom. The van der Waals surface area contributed by atoms with Gasteiger partial charge in [-0.3, -0.25) is 5.01 Å². The molecule has 0 radical (unpaired) electrons. The largest absolute Gasteiger partial charge is 0.333 e. The van der Waals surface area contributed by atoms with Crippen LogP contribution in [0.1, 0.15) is 53.4 Å². The Hall–Kier alpha value is -0.770. The van der Waals surface area contributed by atoms with Gasteiger partial charge in [-0.05, 0) is 46.0 Å². The zero-order valence-electron chi connectivity index (χ0n) is 10.8. The second-order valence-electron chi connectivity index (χ2n) is 6.17. The van der Waals surface area contributed by atoms with Gasteiger partial charge in [0.15, 0.2) is 0 Å². The summed E-state index contributed by atoms with van der Waals surface area (Å²) in [6, 6.07) is 0.0150. The molecule has 2 atom stereocenters. The van der Waals surface area contributed by atoms with Gasteiger partial charge in [0.05, 0.1) is 5.54 Å². The highest BCUT2D eigenvalue weighted by molar-refractivity contribution is 5.77. The Kier molecular flexibility index (Phi) is 2.65. The molecule has 0 bridgehead atoms. The smallest absolute Gasteiger partial charge is 0.317 e. The zero-order valence-corrected chi connectivity index (χ0v) is 10.8. The van der Waals surface area contributed by atoms with Crippen LogP contribution in [0.25, 0.3) is 0 Å². The average molecular weight is 225 g/mol. The van der Waals surface area contributed by atoms with Gasteiger partial charge >= 0.3 is 6.03 Å². The third-order valence-corrected chi connectivity index (χ3v) is 3.81. The lowest BCUT2D eigenvalue weighted by atomic mass is 9.80. The summed E-state index contributed by atoms with van der Waals surface area (Å²) in [6.07, 6.45) is 4.68. The summed E-state index contributed by atoms with van der Waals surface area (Å²) in [4.78, 5) is 12.0. The number of nitrogens with zero attached hydrogens (tertiary/aromatic N) is 1. The number of amides is 2. The van der Waals surface area contributed by atoms with E-state index < -0.39 is 0 Å². The molecule has 2 N–H and O–H groups in total. The van der Waals surface area contributed by atoms with E-state index in [4.69, 9.17) is 0 Å². The molecule has 0 aromatic rings. The average Bonchev–Trinajstić information content (AvgIpc) is 2.49. The Labute approximate surface area is 97.7 Å². The predicted octanol–water partition coefficient (Wildman–Crippen LogP) is 2.22. The molecular formula is C12H23N3O. The van der Waals surface area contributed by atoms with Crippen molar-refractivity contribution in [2.75, 3.05) is 0 Å². The van der Waals surface area contributed by atoms with Gasteiger partial charge in [-0.25, -0.2) is 10.2 Å². The number of hydrazine groups is 1. The van der Waals surface area contributed by atoms with E-state index in [1.807, 2.05) is 20.8 Å². The van der Waals surface area contributed by atoms with Crippen LogP contribution in [0.5, 0.6) is 0 Å². The third-order valence-electron chi connectivity index (χ3n) is 3.81. The van der Waals surface area contributed by atoms with Gasteiger partial charge in [0, 0.05) is 0 Å². The number of hydrogen-bond donors (Lipinski definition) is 2. The fourth-order valence-electron chi connectivity index (χ4n) is 2.70. The lowest BCUT2D eigenvalue weighted by molar-refractivity contribution is 0.0622. The van der Waals surface area contributed by atoms with E-state index in [-0.39, 0.29) is 17.2 Å². The van der Waals surface area contributed by atoms with Crippen LogP contribution < -0.4 is 10.7 Å². The predicted molar refractivity (Wildman–Crippen MR) is 63.6 cm³/mol. The molecule has 1 heterocycles. The van der Waals surface area contributed by atoms with Crippen molar-refractivity contribution in [2.45, 2.75) is 64.6 Å². The SMILES string of the molecule is CC1CCCCC12NC(=O)N(C(C)(C)C)N2. The number of hydrogen-bond acceptors (Lipinski definition) is 2. The van der Waals surface area contributed by atoms with Crippen molar-refractivity contribution < 1.29 is 4.79 Å². The van der Waals surface area contributed by atoms with Crippen molar-refractivity contribution in [3.8, 4) is 0 Å². The fraction of sp³-hybridized carbons (Fsp3) is 0.917. The van der Waals surface area contributed by atoms with E-state index in [1.54, 1.807) is 5.01 Å². The Morgan fingerprint density at radius 3 is 2.56 bits per heavy atom. The van der Waals surface area contributed by atoms with Crippen LogP contribution in [0.15, 0.2) is 0 Å². The molecule has 4 heteroatoms. The minimum absolute atomic E-state index is 0.0150. The second-order valence-corrected chi connectivity index (χ2v) is 6.17. The molecule has 4 nitrogen and oxygen atoms in total. The molecule has 2 amide bonds. The van der Waals surface area contributed by atoms with Crippen molar-refractivity contribution in [1.29, 1.82) is 0 Å². The Morgan fingerprint density at radius 2 is 2.06 bits per heavy atom. The van der Waals surface area contributed by atoms with Crippen molar-refractivity contribution in [1.82, 2.24) is 15.8 Å². The molecule has 92 valence electrons. The van der Waals surface area contributed by atoms with Gasteiger partial charge in [0.2, 0.25) is 0 Å². The maximum absolute atomic E-state index is 12.0. The fourth-order valence-corrected chi connectivity index (χ4v) is 2.70. The van der Waals surface area contributed by atoms with Gasteiger partial charge in [0.1, 0.15) is 5.66 Å². The molecule has 0 aromatic heterocycles. The first kappa shape index (κ1) is 11.7. The molecule has 1 aliphatic carbocycles. The molecule has 2 rings (SSSR count). The molecule has 1 saturated carbocycles. The molecule has 0 aromatic carbocycles. The standard InChI is InChI=1S/C12H23N3O/c1-9-7-5-6-8-12(9)13-10(16)15(14-12)11(2,3)4/h9,14H,5-8H2,1-4H3,(H,13,16). The number of urea groups is 1. The van der Waals surface area contributed by atoms with Gasteiger partial charge in [-0.1, -0.05) is 13.3 Å². The topological polar surface area (TPSA) is 44.4 Å². The van der Waals surface area contributed by atoms with Crippen LogP contribution in [0.4, 0.5) is 4.79 Å². The Bertz CT molecular complexity index is 297. The normalized spacial score (nSPS) is 35.6. The van der Waals surface area contributed by atoms with Crippen LogP contribution in [-0.2, 0) is 0 Å². The zero-order chi connectivity index (χ0) is 12.0. The summed E-state index contributed by atoms with van der Waals surface area (Å²) in [5.74, 6) is 0.498. The van der Waals surface area contributed by atoms with E-state index in [0.717, 1.165) is 6.42 Å². The molecule has 16 heavy (non-hydrogen) atoms. The monoisotopic (exact) mass is 225 g/mol. The molecule has 1 saturated heterocycles. The minimum atomic E-state index is -0.192. The van der Waals surface area contributed by atoms with Crippen molar-refractivity contribution >= 4 is 6.03 Å². The highest BCUT2D eigenvalue weighted by atomic mass is 16.2. The first-order chi connectivity index (χ1) is 7.35. The quantitative estimate of drug-likeness (QED) is 0.664. The van der Waals surface area contributed by atoms with E-state index in [0.29, 0.717) is 5.92 Å². The van der Waals surface area contributed by atoms with Crippen LogP contribution in [0.2, 0.25) is 0 Å². The summed E-state index contributed by atoms with van der Waals surface area (Å²) >= 11 is 0. The number of rotatable bonds is 0. The van der Waals surface area contributed by atoms with Gasteiger partial charge in [-0.15, -0.1) is 0 Å². The molecular weight excluding hydrogens is 202 g/mol. The maximum Gasteiger partial charge on any atom is 0.333 e.